The van der Waals surface area contributed by atoms with Crippen molar-refractivity contribution >= 4 is 0 Å². The predicted octanol–water partition coefficient (Wildman–Crippen LogP) is 1.89. The zero-order valence-electron chi connectivity index (χ0n) is 6.56. The van der Waals surface area contributed by atoms with Crippen LogP contribution in [0.5, 0.6) is 0 Å². The van der Waals surface area contributed by atoms with E-state index >= 15 is 0 Å². The Morgan fingerprint density at radius 1 is 1.60 bits per heavy atom. The third-order valence-corrected chi connectivity index (χ3v) is 1.07. The van der Waals surface area contributed by atoms with Crippen molar-refractivity contribution in [2.45, 2.75) is 6.92 Å². The van der Waals surface area contributed by atoms with Crippen LogP contribution < -0.4 is 5.32 Å². The van der Waals surface area contributed by atoms with E-state index in [4.69, 9.17) is 0 Å². The van der Waals surface area contributed by atoms with Crippen molar-refractivity contribution in [1.82, 2.24) is 5.32 Å². The van der Waals surface area contributed by atoms with Crippen LogP contribution in [0.25, 0.3) is 0 Å². The van der Waals surface area contributed by atoms with Crippen LogP contribution in [0.15, 0.2) is 37.0 Å². The molecule has 10 heavy (non-hydrogen) atoms. The smallest absolute Gasteiger partial charge is 0.0199 e. The number of hydrogen-bond acceptors (Lipinski definition) is 1. The van der Waals surface area contributed by atoms with Crippen molar-refractivity contribution in [2.24, 2.45) is 0 Å². The summed E-state index contributed by atoms with van der Waals surface area (Å²) in [5.41, 5.74) is 1.08. The highest BCUT2D eigenvalue weighted by molar-refractivity contribution is 5.19. The molecule has 0 saturated heterocycles. The number of hydrogen-bond donors (Lipinski definition) is 1. The molecule has 0 rings (SSSR count). The molecular weight excluding hydrogens is 122 g/mol. The van der Waals surface area contributed by atoms with Gasteiger partial charge in [-0.1, -0.05) is 38.3 Å². The second-order valence-electron chi connectivity index (χ2n) is 2.03. The standard InChI is InChI=1S/C9H15N/c1-4-6-7-9(3)8-10-5-2/h4,6-7,10H,1,3,5,8H2,2H3/b7-6-. The molecule has 0 saturated carbocycles. The summed E-state index contributed by atoms with van der Waals surface area (Å²) in [6, 6.07) is 0. The van der Waals surface area contributed by atoms with Crippen molar-refractivity contribution < 1.29 is 0 Å². The van der Waals surface area contributed by atoms with Gasteiger partial charge in [-0.2, -0.15) is 0 Å². The fourth-order valence-corrected chi connectivity index (χ4v) is 0.549. The van der Waals surface area contributed by atoms with Gasteiger partial charge in [-0.3, -0.25) is 0 Å². The second-order valence-corrected chi connectivity index (χ2v) is 2.03. The van der Waals surface area contributed by atoms with Crippen LogP contribution in [-0.4, -0.2) is 13.1 Å². The van der Waals surface area contributed by atoms with Crippen molar-refractivity contribution in [3.8, 4) is 0 Å². The Balaban J connectivity index is 3.43. The van der Waals surface area contributed by atoms with Crippen molar-refractivity contribution in [2.75, 3.05) is 13.1 Å². The first-order valence-corrected chi connectivity index (χ1v) is 3.48. The Morgan fingerprint density at radius 3 is 2.80 bits per heavy atom. The van der Waals surface area contributed by atoms with E-state index in [-0.39, 0.29) is 0 Å². The first-order chi connectivity index (χ1) is 4.81. The first kappa shape index (κ1) is 9.18. The molecule has 1 heteroatoms. The molecule has 0 spiro atoms. The van der Waals surface area contributed by atoms with Crippen LogP contribution >= 0.6 is 0 Å². The molecule has 1 N–H and O–H groups in total. The van der Waals surface area contributed by atoms with E-state index in [2.05, 4.69) is 25.4 Å². The Hall–Kier alpha value is -0.820. The zero-order chi connectivity index (χ0) is 7.82. The van der Waals surface area contributed by atoms with Crippen molar-refractivity contribution in [1.29, 1.82) is 0 Å². The van der Waals surface area contributed by atoms with E-state index in [1.54, 1.807) is 6.08 Å². The minimum absolute atomic E-state index is 0.862. The van der Waals surface area contributed by atoms with Gasteiger partial charge in [-0.25, -0.2) is 0 Å². The van der Waals surface area contributed by atoms with Gasteiger partial charge in [0.25, 0.3) is 0 Å². The lowest BCUT2D eigenvalue weighted by molar-refractivity contribution is 0.786. The zero-order valence-corrected chi connectivity index (χ0v) is 6.56. The molecule has 0 heterocycles. The average Bonchev–Trinajstić information content (AvgIpc) is 1.97. The molecule has 0 aromatic carbocycles. The number of rotatable bonds is 5. The number of likely N-dealkylation sites (N-methyl/N-ethyl adjacent to an activating group) is 1. The van der Waals surface area contributed by atoms with Crippen LogP contribution in [0.2, 0.25) is 0 Å². The van der Waals surface area contributed by atoms with E-state index in [1.165, 1.54) is 0 Å². The first-order valence-electron chi connectivity index (χ1n) is 3.48. The van der Waals surface area contributed by atoms with Crippen LogP contribution in [0.1, 0.15) is 6.92 Å². The Morgan fingerprint density at radius 2 is 2.30 bits per heavy atom. The largest absolute Gasteiger partial charge is 0.313 e. The summed E-state index contributed by atoms with van der Waals surface area (Å²) in [5.74, 6) is 0. The molecule has 0 amide bonds. The summed E-state index contributed by atoms with van der Waals surface area (Å²) in [7, 11) is 0. The van der Waals surface area contributed by atoms with Gasteiger partial charge in [0.2, 0.25) is 0 Å². The Labute approximate surface area is 63.1 Å². The van der Waals surface area contributed by atoms with Gasteiger partial charge in [-0.05, 0) is 12.1 Å². The molecule has 0 aliphatic heterocycles. The van der Waals surface area contributed by atoms with Gasteiger partial charge in [0.1, 0.15) is 0 Å². The van der Waals surface area contributed by atoms with Crippen molar-refractivity contribution in [3.05, 3.63) is 37.0 Å². The SMILES string of the molecule is C=C/C=C\C(=C)CNCC. The maximum atomic E-state index is 3.83. The van der Waals surface area contributed by atoms with Crippen LogP contribution in [0.4, 0.5) is 0 Å². The van der Waals surface area contributed by atoms with Gasteiger partial charge in [0.05, 0.1) is 0 Å². The lowest BCUT2D eigenvalue weighted by Crippen LogP contribution is -2.14. The minimum Gasteiger partial charge on any atom is -0.313 e. The van der Waals surface area contributed by atoms with E-state index < -0.39 is 0 Å². The second kappa shape index (κ2) is 6.30. The monoisotopic (exact) mass is 137 g/mol. The molecule has 1 nitrogen and oxygen atoms in total. The number of nitrogens with one attached hydrogen (secondary N) is 1. The van der Waals surface area contributed by atoms with Gasteiger partial charge >= 0.3 is 0 Å². The van der Waals surface area contributed by atoms with Gasteiger partial charge in [-0.15, -0.1) is 0 Å². The fourth-order valence-electron chi connectivity index (χ4n) is 0.549. The topological polar surface area (TPSA) is 12.0 Å². The quantitative estimate of drug-likeness (QED) is 0.571. The highest BCUT2D eigenvalue weighted by atomic mass is 14.8. The molecule has 0 fully saturated rings. The predicted molar refractivity (Wildman–Crippen MR) is 47.0 cm³/mol. The molecule has 0 aromatic heterocycles. The summed E-state index contributed by atoms with van der Waals surface area (Å²) in [6.45, 7) is 11.3. The summed E-state index contributed by atoms with van der Waals surface area (Å²) >= 11 is 0. The minimum atomic E-state index is 0.862. The molecule has 0 aliphatic carbocycles. The summed E-state index contributed by atoms with van der Waals surface area (Å²) in [5, 5.41) is 3.17. The number of allylic oxidation sites excluding steroid dienone is 2. The van der Waals surface area contributed by atoms with Gasteiger partial charge in [0, 0.05) is 6.54 Å². The average molecular weight is 137 g/mol. The molecular formula is C9H15N. The van der Waals surface area contributed by atoms with E-state index in [1.807, 2.05) is 12.2 Å². The van der Waals surface area contributed by atoms with Gasteiger partial charge < -0.3 is 5.32 Å². The Bertz CT molecular complexity index is 134. The highest BCUT2D eigenvalue weighted by Gasteiger charge is 1.83. The third-order valence-electron chi connectivity index (χ3n) is 1.07. The van der Waals surface area contributed by atoms with E-state index in [0.29, 0.717) is 0 Å². The fraction of sp³-hybridized carbons (Fsp3) is 0.333. The normalized spacial score (nSPS) is 10.1. The molecule has 56 valence electrons. The summed E-state index contributed by atoms with van der Waals surface area (Å²) < 4.78 is 0. The third kappa shape index (κ3) is 5.32. The lowest BCUT2D eigenvalue weighted by atomic mass is 10.3. The summed E-state index contributed by atoms with van der Waals surface area (Å²) in [6.07, 6.45) is 5.59. The van der Waals surface area contributed by atoms with Crippen LogP contribution in [-0.2, 0) is 0 Å². The molecule has 0 radical (unpaired) electrons. The molecule has 0 atom stereocenters. The maximum absolute atomic E-state index is 3.83. The van der Waals surface area contributed by atoms with Crippen LogP contribution in [0.3, 0.4) is 0 Å². The van der Waals surface area contributed by atoms with E-state index in [0.717, 1.165) is 18.7 Å². The van der Waals surface area contributed by atoms with Crippen LogP contribution in [0, 0.1) is 0 Å². The Kier molecular flexibility index (Phi) is 5.79. The lowest BCUT2D eigenvalue weighted by Gasteiger charge is -1.98. The van der Waals surface area contributed by atoms with Gasteiger partial charge in [0.15, 0.2) is 0 Å². The summed E-state index contributed by atoms with van der Waals surface area (Å²) in [4.78, 5) is 0. The van der Waals surface area contributed by atoms with E-state index in [9.17, 15) is 0 Å². The molecule has 0 unspecified atom stereocenters. The molecule has 0 bridgehead atoms. The van der Waals surface area contributed by atoms with Crippen molar-refractivity contribution in [3.63, 3.8) is 0 Å². The molecule has 0 aromatic rings. The maximum Gasteiger partial charge on any atom is 0.0199 e. The molecule has 0 aliphatic rings. The highest BCUT2D eigenvalue weighted by Crippen LogP contribution is 1.89.